The lowest BCUT2D eigenvalue weighted by atomic mass is 9.94. The molecule has 0 N–H and O–H groups in total. The quantitative estimate of drug-likeness (QED) is 0.717. The van der Waals surface area contributed by atoms with E-state index < -0.39 is 11.5 Å². The van der Waals surface area contributed by atoms with Crippen molar-refractivity contribution in [3.63, 3.8) is 0 Å². The number of hydrogen-bond acceptors (Lipinski definition) is 1. The molecule has 0 unspecified atom stereocenters. The zero-order chi connectivity index (χ0) is 10.1. The van der Waals surface area contributed by atoms with Crippen molar-refractivity contribution in [2.45, 2.75) is 19.5 Å². The molecule has 0 aliphatic carbocycles. The van der Waals surface area contributed by atoms with E-state index >= 15 is 0 Å². The topological polar surface area (TPSA) is 17.1 Å². The maximum absolute atomic E-state index is 13.7. The molecule has 1 aromatic rings. The molecule has 13 heavy (non-hydrogen) atoms. The van der Waals surface area contributed by atoms with Gasteiger partial charge in [-0.25, -0.2) is 4.39 Å². The first kappa shape index (κ1) is 10.2. The van der Waals surface area contributed by atoms with Gasteiger partial charge in [-0.05, 0) is 31.5 Å². The highest BCUT2D eigenvalue weighted by atomic mass is 35.5. The molecule has 0 radical (unpaired) electrons. The number of benzene rings is 1. The normalized spacial score (nSPS) is 15.1. The first-order valence-electron chi connectivity index (χ1n) is 3.90. The van der Waals surface area contributed by atoms with Gasteiger partial charge in [-0.2, -0.15) is 0 Å². The third-order valence-electron chi connectivity index (χ3n) is 2.05. The van der Waals surface area contributed by atoms with Crippen molar-refractivity contribution in [3.05, 3.63) is 34.9 Å². The molecule has 0 aromatic heterocycles. The van der Waals surface area contributed by atoms with Gasteiger partial charge in [0.1, 0.15) is 0 Å². The molecular formula is C10H10ClFO. The van der Waals surface area contributed by atoms with Crippen molar-refractivity contribution in [2.75, 3.05) is 0 Å². The van der Waals surface area contributed by atoms with Crippen molar-refractivity contribution < 1.29 is 9.18 Å². The summed E-state index contributed by atoms with van der Waals surface area (Å²) in [7, 11) is 0. The Morgan fingerprint density at radius 3 is 2.23 bits per heavy atom. The number of alkyl halides is 1. The van der Waals surface area contributed by atoms with Gasteiger partial charge in [0, 0.05) is 5.02 Å². The van der Waals surface area contributed by atoms with Crippen LogP contribution in [0.5, 0.6) is 0 Å². The number of carbonyl (C=O) groups excluding carboxylic acids is 1. The first-order valence-corrected chi connectivity index (χ1v) is 4.28. The third kappa shape index (κ3) is 2.07. The van der Waals surface area contributed by atoms with Crippen molar-refractivity contribution in [1.29, 1.82) is 0 Å². The molecule has 0 spiro atoms. The van der Waals surface area contributed by atoms with E-state index in [0.717, 1.165) is 0 Å². The molecule has 1 atom stereocenters. The Morgan fingerprint density at radius 2 is 1.85 bits per heavy atom. The standard InChI is InChI=1S/C10H10ClFO/c1-7(13)10(2,12)8-3-5-9(11)6-4-8/h3-6H,1-2H3/t10-/m0/s1. The second kappa shape index (κ2) is 3.46. The van der Waals surface area contributed by atoms with Crippen LogP contribution in [0.1, 0.15) is 19.4 Å². The summed E-state index contributed by atoms with van der Waals surface area (Å²) in [5, 5.41) is 0.531. The van der Waals surface area contributed by atoms with Crippen LogP contribution in [0.25, 0.3) is 0 Å². The predicted octanol–water partition coefficient (Wildman–Crippen LogP) is 3.11. The Balaban J connectivity index is 3.08. The molecule has 1 aromatic carbocycles. The summed E-state index contributed by atoms with van der Waals surface area (Å²) < 4.78 is 13.7. The first-order chi connectivity index (χ1) is 5.94. The number of hydrogen-bond donors (Lipinski definition) is 0. The highest BCUT2D eigenvalue weighted by Crippen LogP contribution is 2.27. The maximum atomic E-state index is 13.7. The second-order valence-corrected chi connectivity index (χ2v) is 3.50. The number of halogens is 2. The fraction of sp³-hybridized carbons (Fsp3) is 0.300. The lowest BCUT2D eigenvalue weighted by molar-refractivity contribution is -0.127. The van der Waals surface area contributed by atoms with Gasteiger partial charge in [0.25, 0.3) is 0 Å². The molecule has 0 saturated heterocycles. The van der Waals surface area contributed by atoms with E-state index in [1.54, 1.807) is 12.1 Å². The lowest BCUT2D eigenvalue weighted by Gasteiger charge is -2.16. The van der Waals surface area contributed by atoms with Crippen LogP contribution in [-0.4, -0.2) is 5.78 Å². The van der Waals surface area contributed by atoms with Gasteiger partial charge in [-0.1, -0.05) is 23.7 Å². The Kier molecular flexibility index (Phi) is 2.71. The second-order valence-electron chi connectivity index (χ2n) is 3.07. The van der Waals surface area contributed by atoms with Crippen molar-refractivity contribution >= 4 is 17.4 Å². The van der Waals surface area contributed by atoms with E-state index in [2.05, 4.69) is 0 Å². The fourth-order valence-corrected chi connectivity index (χ4v) is 1.09. The average molecular weight is 201 g/mol. The summed E-state index contributed by atoms with van der Waals surface area (Å²) in [6.45, 7) is 2.48. The summed E-state index contributed by atoms with van der Waals surface area (Å²) in [6.07, 6.45) is 0. The summed E-state index contributed by atoms with van der Waals surface area (Å²) in [6, 6.07) is 6.17. The van der Waals surface area contributed by atoms with Gasteiger partial charge >= 0.3 is 0 Å². The van der Waals surface area contributed by atoms with Gasteiger partial charge in [-0.15, -0.1) is 0 Å². The molecule has 0 heterocycles. The lowest BCUT2D eigenvalue weighted by Crippen LogP contribution is -2.24. The molecule has 3 heteroatoms. The molecule has 0 aliphatic heterocycles. The van der Waals surface area contributed by atoms with Crippen LogP contribution in [0.15, 0.2) is 24.3 Å². The van der Waals surface area contributed by atoms with E-state index in [-0.39, 0.29) is 0 Å². The molecule has 0 bridgehead atoms. The van der Waals surface area contributed by atoms with Crippen LogP contribution in [0.3, 0.4) is 0 Å². The van der Waals surface area contributed by atoms with E-state index in [9.17, 15) is 9.18 Å². The Bertz CT molecular complexity index is 316. The van der Waals surface area contributed by atoms with Crippen LogP contribution >= 0.6 is 11.6 Å². The van der Waals surface area contributed by atoms with Crippen LogP contribution in [0.2, 0.25) is 5.02 Å². The highest BCUT2D eigenvalue weighted by Gasteiger charge is 2.31. The van der Waals surface area contributed by atoms with Gasteiger partial charge in [0.15, 0.2) is 11.5 Å². The minimum atomic E-state index is -1.91. The van der Waals surface area contributed by atoms with E-state index in [1.165, 1.54) is 26.0 Å². The Hall–Kier alpha value is -0.890. The summed E-state index contributed by atoms with van der Waals surface area (Å²) in [5.41, 5.74) is -1.57. The molecule has 0 aliphatic rings. The van der Waals surface area contributed by atoms with Crippen LogP contribution in [-0.2, 0) is 10.5 Å². The maximum Gasteiger partial charge on any atom is 0.190 e. The minimum absolute atomic E-state index is 0.337. The molecule has 1 nitrogen and oxygen atoms in total. The molecule has 0 fully saturated rings. The SMILES string of the molecule is CC(=O)[C@](C)(F)c1ccc(Cl)cc1. The third-order valence-corrected chi connectivity index (χ3v) is 2.30. The van der Waals surface area contributed by atoms with Crippen molar-refractivity contribution in [3.8, 4) is 0 Å². The van der Waals surface area contributed by atoms with Gasteiger partial charge < -0.3 is 0 Å². The predicted molar refractivity (Wildman–Crippen MR) is 50.6 cm³/mol. The summed E-state index contributed by atoms with van der Waals surface area (Å²) >= 11 is 5.63. The van der Waals surface area contributed by atoms with Gasteiger partial charge in [-0.3, -0.25) is 4.79 Å². The van der Waals surface area contributed by atoms with Gasteiger partial charge in [0.05, 0.1) is 0 Å². The Morgan fingerprint density at radius 1 is 1.38 bits per heavy atom. The van der Waals surface area contributed by atoms with Crippen LogP contribution in [0.4, 0.5) is 4.39 Å². The number of Topliss-reactive ketones (excluding diaryl/α,β-unsaturated/α-hetero) is 1. The minimum Gasteiger partial charge on any atom is -0.296 e. The summed E-state index contributed by atoms with van der Waals surface area (Å²) in [5.74, 6) is -0.505. The average Bonchev–Trinajstić information content (AvgIpc) is 2.04. The van der Waals surface area contributed by atoms with Crippen molar-refractivity contribution in [2.24, 2.45) is 0 Å². The molecule has 1 rings (SSSR count). The monoisotopic (exact) mass is 200 g/mol. The molecule has 70 valence electrons. The van der Waals surface area contributed by atoms with Gasteiger partial charge in [0.2, 0.25) is 0 Å². The molecular weight excluding hydrogens is 191 g/mol. The largest absolute Gasteiger partial charge is 0.296 e. The van der Waals surface area contributed by atoms with Crippen LogP contribution < -0.4 is 0 Å². The zero-order valence-corrected chi connectivity index (χ0v) is 8.23. The number of rotatable bonds is 2. The fourth-order valence-electron chi connectivity index (χ4n) is 0.966. The number of ketones is 1. The summed E-state index contributed by atoms with van der Waals surface area (Å²) in [4.78, 5) is 10.9. The number of carbonyl (C=O) groups is 1. The van der Waals surface area contributed by atoms with Crippen molar-refractivity contribution in [1.82, 2.24) is 0 Å². The smallest absolute Gasteiger partial charge is 0.190 e. The zero-order valence-electron chi connectivity index (χ0n) is 7.47. The molecule has 0 saturated carbocycles. The van der Waals surface area contributed by atoms with E-state index in [0.29, 0.717) is 10.6 Å². The Labute approximate surface area is 81.5 Å². The molecule has 0 amide bonds. The van der Waals surface area contributed by atoms with E-state index in [1.807, 2.05) is 0 Å². The highest BCUT2D eigenvalue weighted by molar-refractivity contribution is 6.30. The van der Waals surface area contributed by atoms with E-state index in [4.69, 9.17) is 11.6 Å². The van der Waals surface area contributed by atoms with Crippen LogP contribution in [0, 0.1) is 0 Å².